The van der Waals surface area contributed by atoms with Gasteiger partial charge in [0.25, 0.3) is 0 Å². The molecule has 0 saturated carbocycles. The van der Waals surface area contributed by atoms with Crippen molar-refractivity contribution in [2.75, 3.05) is 13.2 Å². The smallest absolute Gasteiger partial charge is 0.123 e. The zero-order chi connectivity index (χ0) is 22.6. The zero-order valence-corrected chi connectivity index (χ0v) is 20.7. The number of fused-ring (bicyclic) bond motifs is 1. The van der Waals surface area contributed by atoms with Gasteiger partial charge in [0.15, 0.2) is 0 Å². The molecule has 4 heteroatoms. The highest BCUT2D eigenvalue weighted by molar-refractivity contribution is 7.13. The Morgan fingerprint density at radius 2 is 1.78 bits per heavy atom. The zero-order valence-electron chi connectivity index (χ0n) is 19.9. The van der Waals surface area contributed by atoms with Crippen LogP contribution in [0.4, 0.5) is 0 Å². The number of aromatic nitrogens is 1. The topological polar surface area (TPSA) is 31.4 Å². The first kappa shape index (κ1) is 22.8. The molecule has 0 atom stereocenters. The van der Waals surface area contributed by atoms with E-state index >= 15 is 0 Å². The van der Waals surface area contributed by atoms with Gasteiger partial charge in [-0.3, -0.25) is 0 Å². The Labute approximate surface area is 196 Å². The quantitative estimate of drug-likeness (QED) is 0.319. The van der Waals surface area contributed by atoms with Crippen molar-refractivity contribution < 1.29 is 9.47 Å². The molecule has 0 unspecified atom stereocenters. The molecule has 170 valence electrons. The van der Waals surface area contributed by atoms with E-state index in [1.54, 1.807) is 11.3 Å². The lowest BCUT2D eigenvalue weighted by Gasteiger charge is -2.14. The number of benzene rings is 2. The summed E-state index contributed by atoms with van der Waals surface area (Å²) in [5.74, 6) is 1.97. The molecule has 1 heterocycles. The first-order chi connectivity index (χ1) is 15.4. The number of aryl methyl sites for hydroxylation is 3. The fourth-order valence-electron chi connectivity index (χ4n) is 4.14. The Hall–Kier alpha value is -2.33. The van der Waals surface area contributed by atoms with E-state index in [4.69, 9.17) is 14.5 Å². The highest BCUT2D eigenvalue weighted by atomic mass is 32.1. The minimum absolute atomic E-state index is 0.0753. The van der Waals surface area contributed by atoms with E-state index in [1.165, 1.54) is 41.5 Å². The average Bonchev–Trinajstić information content (AvgIpc) is 3.44. The van der Waals surface area contributed by atoms with Crippen LogP contribution in [0.2, 0.25) is 0 Å². The summed E-state index contributed by atoms with van der Waals surface area (Å²) >= 11 is 1.72. The lowest BCUT2D eigenvalue weighted by atomic mass is 9.93. The van der Waals surface area contributed by atoms with Crippen molar-refractivity contribution in [3.05, 3.63) is 64.2 Å². The predicted octanol–water partition coefficient (Wildman–Crippen LogP) is 7.40. The molecule has 0 bridgehead atoms. The highest BCUT2D eigenvalue weighted by Crippen LogP contribution is 2.33. The third kappa shape index (κ3) is 5.53. The lowest BCUT2D eigenvalue weighted by molar-refractivity contribution is 0.246. The molecule has 1 aliphatic rings. The number of rotatable bonds is 9. The second kappa shape index (κ2) is 10.1. The van der Waals surface area contributed by atoms with E-state index in [9.17, 15) is 0 Å². The van der Waals surface area contributed by atoms with Crippen LogP contribution in [-0.2, 0) is 24.7 Å². The summed E-state index contributed by atoms with van der Waals surface area (Å²) < 4.78 is 12.1. The standard InChI is InChI=1S/C28H35NO2S/c1-5-8-22-17-23(27-29-26(19-32-27)28(2,3)4)12-14-25(22)31-16-7-15-30-24-13-11-20-9-6-10-21(20)18-24/h11-14,17-19H,5-10,15-16H2,1-4H3. The van der Waals surface area contributed by atoms with Crippen LogP contribution in [0.15, 0.2) is 41.8 Å². The Morgan fingerprint density at radius 3 is 2.56 bits per heavy atom. The average molecular weight is 450 g/mol. The predicted molar refractivity (Wildman–Crippen MR) is 134 cm³/mol. The maximum absolute atomic E-state index is 6.15. The van der Waals surface area contributed by atoms with Gasteiger partial charge in [-0.2, -0.15) is 0 Å². The molecule has 0 amide bonds. The summed E-state index contributed by atoms with van der Waals surface area (Å²) in [6.07, 6.45) is 6.63. The van der Waals surface area contributed by atoms with Crippen LogP contribution in [0, 0.1) is 0 Å². The molecular weight excluding hydrogens is 414 g/mol. The minimum Gasteiger partial charge on any atom is -0.493 e. The monoisotopic (exact) mass is 449 g/mol. The highest BCUT2D eigenvalue weighted by Gasteiger charge is 2.18. The minimum atomic E-state index is 0.0753. The summed E-state index contributed by atoms with van der Waals surface area (Å²) in [6.45, 7) is 10.2. The van der Waals surface area contributed by atoms with Gasteiger partial charge in [0.1, 0.15) is 16.5 Å². The Kier molecular flexibility index (Phi) is 7.20. The number of ether oxygens (including phenoxy) is 2. The van der Waals surface area contributed by atoms with Gasteiger partial charge in [-0.05, 0) is 72.7 Å². The van der Waals surface area contributed by atoms with Crippen molar-refractivity contribution in [3.8, 4) is 22.1 Å². The molecule has 1 aliphatic carbocycles. The van der Waals surface area contributed by atoms with Gasteiger partial charge in [0.05, 0.1) is 18.9 Å². The molecule has 3 nitrogen and oxygen atoms in total. The summed E-state index contributed by atoms with van der Waals surface area (Å²) in [7, 11) is 0. The van der Waals surface area contributed by atoms with Gasteiger partial charge >= 0.3 is 0 Å². The van der Waals surface area contributed by atoms with Crippen LogP contribution in [0.3, 0.4) is 0 Å². The molecule has 1 aromatic heterocycles. The largest absolute Gasteiger partial charge is 0.493 e. The summed E-state index contributed by atoms with van der Waals surface area (Å²) in [5, 5.41) is 3.27. The van der Waals surface area contributed by atoms with Crippen molar-refractivity contribution in [1.29, 1.82) is 0 Å². The van der Waals surface area contributed by atoms with E-state index < -0.39 is 0 Å². The van der Waals surface area contributed by atoms with Crippen LogP contribution in [0.25, 0.3) is 10.6 Å². The molecule has 0 radical (unpaired) electrons. The third-order valence-electron chi connectivity index (χ3n) is 5.98. The van der Waals surface area contributed by atoms with Crippen LogP contribution in [0.1, 0.15) is 69.3 Å². The molecule has 3 aromatic rings. The normalized spacial score (nSPS) is 13.2. The van der Waals surface area contributed by atoms with E-state index in [0.29, 0.717) is 13.2 Å². The van der Waals surface area contributed by atoms with Crippen LogP contribution < -0.4 is 9.47 Å². The summed E-state index contributed by atoms with van der Waals surface area (Å²) in [6, 6.07) is 13.0. The number of hydrogen-bond donors (Lipinski definition) is 0. The van der Waals surface area contributed by atoms with Gasteiger partial charge in [0, 0.05) is 22.8 Å². The second-order valence-electron chi connectivity index (χ2n) is 9.69. The van der Waals surface area contributed by atoms with E-state index in [0.717, 1.165) is 41.5 Å². The SMILES string of the molecule is CCCc1cc(-c2nc(C(C)(C)C)cs2)ccc1OCCCOc1ccc2c(c1)CCC2. The summed E-state index contributed by atoms with van der Waals surface area (Å²) in [5.41, 5.74) is 6.61. The molecular formula is C28H35NO2S. The maximum Gasteiger partial charge on any atom is 0.123 e. The molecule has 0 fully saturated rings. The van der Waals surface area contributed by atoms with Gasteiger partial charge in [-0.1, -0.05) is 40.2 Å². The van der Waals surface area contributed by atoms with Crippen molar-refractivity contribution >= 4 is 11.3 Å². The number of thiazole rings is 1. The first-order valence-electron chi connectivity index (χ1n) is 11.9. The Bertz CT molecular complexity index is 1050. The van der Waals surface area contributed by atoms with Crippen molar-refractivity contribution in [2.24, 2.45) is 0 Å². The van der Waals surface area contributed by atoms with E-state index in [-0.39, 0.29) is 5.41 Å². The van der Waals surface area contributed by atoms with Gasteiger partial charge in [-0.15, -0.1) is 11.3 Å². The number of nitrogens with zero attached hydrogens (tertiary/aromatic N) is 1. The third-order valence-corrected chi connectivity index (χ3v) is 6.88. The molecule has 0 spiro atoms. The second-order valence-corrected chi connectivity index (χ2v) is 10.6. The van der Waals surface area contributed by atoms with Crippen LogP contribution >= 0.6 is 11.3 Å². The van der Waals surface area contributed by atoms with Gasteiger partial charge < -0.3 is 9.47 Å². The first-order valence-corrected chi connectivity index (χ1v) is 12.8. The summed E-state index contributed by atoms with van der Waals surface area (Å²) in [4.78, 5) is 4.88. The van der Waals surface area contributed by atoms with Crippen molar-refractivity contribution in [2.45, 2.75) is 71.6 Å². The Balaban J connectivity index is 1.33. The molecule has 4 rings (SSSR count). The Morgan fingerprint density at radius 1 is 0.969 bits per heavy atom. The van der Waals surface area contributed by atoms with Crippen LogP contribution in [0.5, 0.6) is 11.5 Å². The van der Waals surface area contributed by atoms with Crippen molar-refractivity contribution in [1.82, 2.24) is 4.98 Å². The fraction of sp³-hybridized carbons (Fsp3) is 0.464. The molecule has 0 saturated heterocycles. The van der Waals surface area contributed by atoms with Gasteiger partial charge in [-0.25, -0.2) is 4.98 Å². The van der Waals surface area contributed by atoms with E-state index in [1.807, 2.05) is 0 Å². The molecule has 0 N–H and O–H groups in total. The maximum atomic E-state index is 6.15. The fourth-order valence-corrected chi connectivity index (χ4v) is 5.18. The van der Waals surface area contributed by atoms with Crippen molar-refractivity contribution in [3.63, 3.8) is 0 Å². The molecule has 0 aliphatic heterocycles. The number of hydrogen-bond acceptors (Lipinski definition) is 4. The molecule has 32 heavy (non-hydrogen) atoms. The van der Waals surface area contributed by atoms with E-state index in [2.05, 4.69) is 69.5 Å². The van der Waals surface area contributed by atoms with Gasteiger partial charge in [0.2, 0.25) is 0 Å². The lowest BCUT2D eigenvalue weighted by Crippen LogP contribution is -2.11. The molecule has 2 aromatic carbocycles. The van der Waals surface area contributed by atoms with Crippen LogP contribution in [-0.4, -0.2) is 18.2 Å².